The Hall–Kier alpha value is -2.62. The van der Waals surface area contributed by atoms with E-state index in [0.717, 1.165) is 0 Å². The highest BCUT2D eigenvalue weighted by Crippen LogP contribution is 2.00. The summed E-state index contributed by atoms with van der Waals surface area (Å²) in [6.07, 6.45) is 0. The monoisotopic (exact) mass is 274 g/mol. The summed E-state index contributed by atoms with van der Waals surface area (Å²) in [6.45, 7) is 3.96. The van der Waals surface area contributed by atoms with Crippen LogP contribution in [0.3, 0.4) is 0 Å². The number of hydrogen-bond donors (Lipinski definition) is 2. The number of aryl methyl sites for hydroxylation is 2. The van der Waals surface area contributed by atoms with Gasteiger partial charge in [-0.05, 0) is 26.0 Å². The summed E-state index contributed by atoms with van der Waals surface area (Å²) in [4.78, 5) is 18.6. The van der Waals surface area contributed by atoms with Crippen molar-refractivity contribution in [1.82, 2.24) is 0 Å². The lowest BCUT2D eigenvalue weighted by Crippen LogP contribution is -1.93. The molecule has 0 bridgehead atoms. The van der Waals surface area contributed by atoms with Gasteiger partial charge in [0.1, 0.15) is 0 Å². The minimum Gasteiger partial charge on any atom is -0.483 e. The number of carboxylic acid groups (broad SMARTS) is 2. The van der Waals surface area contributed by atoms with Crippen LogP contribution in [-0.4, -0.2) is 22.7 Å². The van der Waals surface area contributed by atoms with Crippen molar-refractivity contribution in [3.63, 3.8) is 0 Å². The lowest BCUT2D eigenvalue weighted by molar-refractivity contribution is -0.122. The van der Waals surface area contributed by atoms with Gasteiger partial charge in [-0.1, -0.05) is 53.6 Å². The summed E-state index contributed by atoms with van der Waals surface area (Å²) in [7, 11) is 0. The van der Waals surface area contributed by atoms with Gasteiger partial charge in [0, 0.05) is 0 Å². The third kappa shape index (κ3) is 8.47. The Balaban J connectivity index is 0.000000304. The molecule has 2 aromatic rings. The predicted molar refractivity (Wildman–Crippen MR) is 78.0 cm³/mol. The van der Waals surface area contributed by atoms with E-state index in [1.165, 1.54) is 11.1 Å². The number of hydrogen-bond acceptors (Lipinski definition) is 2. The molecule has 4 heteroatoms. The van der Waals surface area contributed by atoms with Gasteiger partial charge in [-0.15, -0.1) is 0 Å². The predicted octanol–water partition coefficient (Wildman–Crippen LogP) is 3.39. The van der Waals surface area contributed by atoms with E-state index < -0.39 is 5.97 Å². The van der Waals surface area contributed by atoms with E-state index in [4.69, 9.17) is 15.0 Å². The summed E-state index contributed by atoms with van der Waals surface area (Å²) < 4.78 is 0. The van der Waals surface area contributed by atoms with Gasteiger partial charge >= 0.3 is 5.97 Å². The van der Waals surface area contributed by atoms with Crippen molar-refractivity contribution in [1.29, 1.82) is 0 Å². The first-order chi connectivity index (χ1) is 9.51. The van der Waals surface area contributed by atoms with E-state index >= 15 is 0 Å². The van der Waals surface area contributed by atoms with Gasteiger partial charge in [0.2, 0.25) is 0 Å². The Bertz CT molecular complexity index is 504. The van der Waals surface area contributed by atoms with E-state index in [1.807, 2.05) is 0 Å². The van der Waals surface area contributed by atoms with E-state index in [0.29, 0.717) is 5.56 Å². The largest absolute Gasteiger partial charge is 0.483 e. The van der Waals surface area contributed by atoms with Gasteiger partial charge in [0.25, 0.3) is 6.47 Å². The van der Waals surface area contributed by atoms with Crippen molar-refractivity contribution in [2.75, 3.05) is 0 Å². The Morgan fingerprint density at radius 2 is 1.40 bits per heavy atom. The molecule has 4 nitrogen and oxygen atoms in total. The minimum atomic E-state index is -0.879. The maximum Gasteiger partial charge on any atom is 0.335 e. The first kappa shape index (κ1) is 17.4. The van der Waals surface area contributed by atoms with Gasteiger partial charge in [-0.2, -0.15) is 0 Å². The average Bonchev–Trinajstić information content (AvgIpc) is 2.41. The number of benzene rings is 2. The Morgan fingerprint density at radius 3 is 1.65 bits per heavy atom. The zero-order valence-corrected chi connectivity index (χ0v) is 11.5. The lowest BCUT2D eigenvalue weighted by Gasteiger charge is -1.90. The molecule has 0 radical (unpaired) electrons. The van der Waals surface area contributed by atoms with Crippen LogP contribution in [0.4, 0.5) is 0 Å². The van der Waals surface area contributed by atoms with E-state index in [-0.39, 0.29) is 6.47 Å². The molecule has 2 rings (SSSR count). The van der Waals surface area contributed by atoms with Crippen LogP contribution in [0.1, 0.15) is 21.5 Å². The second kappa shape index (κ2) is 10.3. The normalized spacial score (nSPS) is 8.30. The van der Waals surface area contributed by atoms with Gasteiger partial charge in [-0.3, -0.25) is 4.79 Å². The molecule has 0 aliphatic heterocycles. The van der Waals surface area contributed by atoms with Crippen LogP contribution in [0.25, 0.3) is 0 Å². The van der Waals surface area contributed by atoms with Crippen LogP contribution in [0.2, 0.25) is 0 Å². The second-order valence-electron chi connectivity index (χ2n) is 3.93. The SMILES string of the molecule is Cc1cccc(C)c1.O=C(O)c1ccccc1.O=CO. The molecule has 0 aromatic heterocycles. The molecule has 0 fully saturated rings. The second-order valence-corrected chi connectivity index (χ2v) is 3.93. The van der Waals surface area contributed by atoms with Crippen LogP contribution in [0.5, 0.6) is 0 Å². The third-order valence-corrected chi connectivity index (χ3v) is 2.19. The van der Waals surface area contributed by atoms with Crippen molar-refractivity contribution in [3.05, 3.63) is 71.3 Å². The zero-order chi connectivity index (χ0) is 15.4. The number of rotatable bonds is 1. The molecule has 0 unspecified atom stereocenters. The van der Waals surface area contributed by atoms with Crippen molar-refractivity contribution in [2.24, 2.45) is 0 Å². The van der Waals surface area contributed by atoms with Crippen molar-refractivity contribution in [2.45, 2.75) is 13.8 Å². The van der Waals surface area contributed by atoms with Gasteiger partial charge < -0.3 is 10.2 Å². The van der Waals surface area contributed by atoms with Gasteiger partial charge in [0.15, 0.2) is 0 Å². The molecular formula is C16H18O4. The summed E-state index contributed by atoms with van der Waals surface area (Å²) in [5, 5.41) is 15.3. The van der Waals surface area contributed by atoms with Crippen molar-refractivity contribution in [3.8, 4) is 0 Å². The van der Waals surface area contributed by atoms with Crippen molar-refractivity contribution < 1.29 is 19.8 Å². The minimum absolute atomic E-state index is 0.250. The summed E-state index contributed by atoms with van der Waals surface area (Å²) in [5.41, 5.74) is 3.01. The first-order valence-electron chi connectivity index (χ1n) is 5.90. The summed E-state index contributed by atoms with van der Waals surface area (Å²) >= 11 is 0. The smallest absolute Gasteiger partial charge is 0.335 e. The van der Waals surface area contributed by atoms with Crippen LogP contribution >= 0.6 is 0 Å². The molecule has 106 valence electrons. The maximum absolute atomic E-state index is 10.2. The van der Waals surface area contributed by atoms with Gasteiger partial charge in [-0.25, -0.2) is 4.79 Å². The fourth-order valence-electron chi connectivity index (χ4n) is 1.39. The molecule has 0 saturated carbocycles. The highest BCUT2D eigenvalue weighted by atomic mass is 16.4. The molecule has 0 saturated heterocycles. The van der Waals surface area contributed by atoms with Crippen LogP contribution in [-0.2, 0) is 4.79 Å². The fourth-order valence-corrected chi connectivity index (χ4v) is 1.39. The standard InChI is InChI=1S/C8H10.C7H6O2.CH2O2/c1-7-4-3-5-8(2)6-7;8-7(9)6-4-2-1-3-5-6;2-1-3/h3-6H,1-2H3;1-5H,(H,8,9);1H,(H,2,3). The van der Waals surface area contributed by atoms with Crippen LogP contribution < -0.4 is 0 Å². The van der Waals surface area contributed by atoms with Crippen LogP contribution in [0.15, 0.2) is 54.6 Å². The molecule has 0 heterocycles. The number of carboxylic acids is 1. The first-order valence-corrected chi connectivity index (χ1v) is 5.90. The van der Waals surface area contributed by atoms with E-state index in [9.17, 15) is 4.79 Å². The molecule has 0 aliphatic rings. The Morgan fingerprint density at radius 1 is 0.950 bits per heavy atom. The quantitative estimate of drug-likeness (QED) is 0.782. The number of carbonyl (C=O) groups is 2. The maximum atomic E-state index is 10.2. The summed E-state index contributed by atoms with van der Waals surface area (Å²) in [5.74, 6) is -0.879. The van der Waals surface area contributed by atoms with Gasteiger partial charge in [0.05, 0.1) is 5.56 Å². The summed E-state index contributed by atoms with van der Waals surface area (Å²) in [6, 6.07) is 16.7. The average molecular weight is 274 g/mol. The molecule has 0 amide bonds. The lowest BCUT2D eigenvalue weighted by atomic mass is 10.2. The molecular weight excluding hydrogens is 256 g/mol. The highest BCUT2D eigenvalue weighted by Gasteiger charge is 1.96. The molecule has 2 N–H and O–H groups in total. The zero-order valence-electron chi connectivity index (χ0n) is 11.5. The molecule has 0 atom stereocenters. The van der Waals surface area contributed by atoms with E-state index in [1.54, 1.807) is 30.3 Å². The van der Waals surface area contributed by atoms with Crippen LogP contribution in [0, 0.1) is 13.8 Å². The fraction of sp³-hybridized carbons (Fsp3) is 0.125. The highest BCUT2D eigenvalue weighted by molar-refractivity contribution is 5.87. The van der Waals surface area contributed by atoms with Crippen molar-refractivity contribution >= 4 is 12.4 Å². The molecule has 0 aliphatic carbocycles. The Labute approximate surface area is 118 Å². The molecule has 20 heavy (non-hydrogen) atoms. The molecule has 0 spiro atoms. The topological polar surface area (TPSA) is 74.6 Å². The van der Waals surface area contributed by atoms with E-state index in [2.05, 4.69) is 38.1 Å². The molecule has 2 aromatic carbocycles. The third-order valence-electron chi connectivity index (χ3n) is 2.19. The Kier molecular flexibility index (Phi) is 8.96. The number of aromatic carboxylic acids is 1.